The van der Waals surface area contributed by atoms with E-state index < -0.39 is 0 Å². The molecule has 3 heteroatoms. The zero-order valence-electron chi connectivity index (χ0n) is 5.62. The molecule has 0 spiro atoms. The average molecular weight is 209 g/mol. The number of halogens is 2. The molecule has 0 nitrogen and oxygen atoms in total. The molecule has 0 atom stereocenters. The fourth-order valence-corrected chi connectivity index (χ4v) is 1.50. The summed E-state index contributed by atoms with van der Waals surface area (Å²) in [5.74, 6) is -0.161. The van der Waals surface area contributed by atoms with Gasteiger partial charge in [0.1, 0.15) is 0 Å². The van der Waals surface area contributed by atoms with Gasteiger partial charge in [0, 0.05) is 0 Å². The minimum atomic E-state index is -0.161. The van der Waals surface area contributed by atoms with Crippen LogP contribution in [0.4, 0.5) is 4.39 Å². The standard InChI is InChI=1S/C7H5ClF.Zn/c1-5-4-6(8)2-3-7(5)9;/h3-4H,1H3;. The third-order valence-electron chi connectivity index (χ3n) is 1.33. The van der Waals surface area contributed by atoms with Crippen molar-refractivity contribution in [2.75, 3.05) is 0 Å². The molecule has 1 aromatic carbocycles. The molecule has 0 aromatic heterocycles. The molecule has 0 aliphatic rings. The van der Waals surface area contributed by atoms with Gasteiger partial charge in [0.25, 0.3) is 0 Å². The number of aryl methyl sites for hydroxylation is 1. The predicted molar refractivity (Wildman–Crippen MR) is 35.8 cm³/mol. The van der Waals surface area contributed by atoms with Crippen molar-refractivity contribution in [1.82, 2.24) is 0 Å². The molecule has 0 aliphatic heterocycles. The Morgan fingerprint density at radius 1 is 1.50 bits per heavy atom. The molecule has 0 aliphatic carbocycles. The number of hydrogen-bond acceptors (Lipinski definition) is 0. The Labute approximate surface area is 74.1 Å². The van der Waals surface area contributed by atoms with Gasteiger partial charge in [-0.1, -0.05) is 0 Å². The zero-order chi connectivity index (χ0) is 7.72. The van der Waals surface area contributed by atoms with E-state index in [1.807, 2.05) is 0 Å². The molecular formula is C7H5ClFZn. The van der Waals surface area contributed by atoms with Crippen LogP contribution in [0, 0.1) is 12.7 Å². The van der Waals surface area contributed by atoms with Gasteiger partial charge in [0.15, 0.2) is 0 Å². The van der Waals surface area contributed by atoms with Crippen LogP contribution in [0.3, 0.4) is 0 Å². The van der Waals surface area contributed by atoms with Crippen LogP contribution in [0.25, 0.3) is 0 Å². The summed E-state index contributed by atoms with van der Waals surface area (Å²) in [7, 11) is 0. The van der Waals surface area contributed by atoms with Crippen LogP contribution in [0.1, 0.15) is 5.56 Å². The van der Waals surface area contributed by atoms with Crippen LogP contribution in [0.15, 0.2) is 12.1 Å². The second-order valence-corrected chi connectivity index (χ2v) is 4.20. The maximum atomic E-state index is 12.7. The molecule has 0 fully saturated rings. The molecule has 0 N–H and O–H groups in total. The van der Waals surface area contributed by atoms with Crippen LogP contribution in [0.5, 0.6) is 0 Å². The second kappa shape index (κ2) is 2.98. The van der Waals surface area contributed by atoms with Crippen molar-refractivity contribution in [3.8, 4) is 0 Å². The topological polar surface area (TPSA) is 0 Å². The van der Waals surface area contributed by atoms with E-state index in [-0.39, 0.29) is 5.82 Å². The van der Waals surface area contributed by atoms with E-state index in [1.54, 1.807) is 13.0 Å². The summed E-state index contributed by atoms with van der Waals surface area (Å²) < 4.78 is 13.6. The molecule has 0 saturated heterocycles. The summed E-state index contributed by atoms with van der Waals surface area (Å²) in [6, 6.07) is 3.16. The normalized spacial score (nSPS) is 10.1. The van der Waals surface area contributed by atoms with E-state index >= 15 is 0 Å². The Balaban J connectivity index is 3.28. The minimum absolute atomic E-state index is 0.161. The Bertz CT molecular complexity index is 210. The van der Waals surface area contributed by atoms with E-state index in [1.165, 1.54) is 6.07 Å². The van der Waals surface area contributed by atoms with Gasteiger partial charge in [0.2, 0.25) is 0 Å². The van der Waals surface area contributed by atoms with Crippen LogP contribution in [0.2, 0.25) is 5.02 Å². The molecule has 0 saturated carbocycles. The predicted octanol–water partition coefficient (Wildman–Crippen LogP) is 1.96. The second-order valence-electron chi connectivity index (χ2n) is 2.19. The summed E-state index contributed by atoms with van der Waals surface area (Å²) in [5.41, 5.74) is 0.613. The van der Waals surface area contributed by atoms with E-state index in [9.17, 15) is 4.39 Å². The first-order chi connectivity index (χ1) is 4.61. The fourth-order valence-electron chi connectivity index (χ4n) is 0.687. The Hall–Kier alpha value is 0.0634. The first-order valence-electron chi connectivity index (χ1n) is 2.89. The monoisotopic (exact) mass is 207 g/mol. The molecule has 10 heavy (non-hydrogen) atoms. The van der Waals surface area contributed by atoms with E-state index in [0.717, 1.165) is 22.5 Å². The number of benzene rings is 1. The third kappa shape index (κ3) is 1.56. The summed E-state index contributed by atoms with van der Waals surface area (Å²) in [6.07, 6.45) is 0. The molecule has 0 unspecified atom stereocenters. The summed E-state index contributed by atoms with van der Waals surface area (Å²) in [4.78, 5) is 0. The Kier molecular flexibility index (Phi) is 2.43. The van der Waals surface area contributed by atoms with Gasteiger partial charge in [-0.05, 0) is 0 Å². The molecule has 49 valence electrons. The van der Waals surface area contributed by atoms with Crippen LogP contribution in [-0.2, 0) is 18.3 Å². The SMILES string of the molecule is Cc1cc(Cl)[c]([Zn])cc1F. The van der Waals surface area contributed by atoms with Gasteiger partial charge in [-0.3, -0.25) is 0 Å². The molecule has 1 aromatic rings. The van der Waals surface area contributed by atoms with Gasteiger partial charge >= 0.3 is 73.9 Å². The molecular weight excluding hydrogens is 204 g/mol. The van der Waals surface area contributed by atoms with Crippen molar-refractivity contribution < 1.29 is 22.7 Å². The zero-order valence-corrected chi connectivity index (χ0v) is 9.34. The van der Waals surface area contributed by atoms with Crippen molar-refractivity contribution in [2.45, 2.75) is 6.92 Å². The molecule has 0 radical (unpaired) electrons. The van der Waals surface area contributed by atoms with Crippen molar-refractivity contribution in [3.63, 3.8) is 0 Å². The first kappa shape index (κ1) is 8.16. The quantitative estimate of drug-likeness (QED) is 0.573. The van der Waals surface area contributed by atoms with E-state index in [2.05, 4.69) is 0 Å². The summed E-state index contributed by atoms with van der Waals surface area (Å²) in [5, 5.41) is 0.680. The number of hydrogen-bond donors (Lipinski definition) is 0. The number of rotatable bonds is 0. The van der Waals surface area contributed by atoms with E-state index in [4.69, 9.17) is 11.6 Å². The Morgan fingerprint density at radius 2 is 2.10 bits per heavy atom. The third-order valence-corrected chi connectivity index (χ3v) is 3.38. The van der Waals surface area contributed by atoms with Gasteiger partial charge in [-0.2, -0.15) is 0 Å². The van der Waals surface area contributed by atoms with Crippen molar-refractivity contribution in [1.29, 1.82) is 0 Å². The molecule has 0 amide bonds. The Morgan fingerprint density at radius 3 is 2.60 bits per heavy atom. The average Bonchev–Trinajstić information content (AvgIpc) is 1.84. The van der Waals surface area contributed by atoms with Crippen molar-refractivity contribution in [3.05, 3.63) is 28.5 Å². The maximum absolute atomic E-state index is 12.7. The van der Waals surface area contributed by atoms with Crippen molar-refractivity contribution >= 4 is 15.8 Å². The first-order valence-corrected chi connectivity index (χ1v) is 4.75. The van der Waals surface area contributed by atoms with Crippen LogP contribution >= 0.6 is 11.6 Å². The van der Waals surface area contributed by atoms with Gasteiger partial charge < -0.3 is 0 Å². The molecule has 1 rings (SSSR count). The van der Waals surface area contributed by atoms with E-state index in [0.29, 0.717) is 10.6 Å². The van der Waals surface area contributed by atoms with Gasteiger partial charge in [-0.25, -0.2) is 0 Å². The van der Waals surface area contributed by atoms with Crippen LogP contribution in [-0.4, -0.2) is 0 Å². The van der Waals surface area contributed by atoms with Gasteiger partial charge in [-0.15, -0.1) is 0 Å². The molecule has 0 bridgehead atoms. The van der Waals surface area contributed by atoms with Crippen molar-refractivity contribution in [2.24, 2.45) is 0 Å². The summed E-state index contributed by atoms with van der Waals surface area (Å²) in [6.45, 7) is 1.71. The summed E-state index contributed by atoms with van der Waals surface area (Å²) >= 11 is 6.65. The molecule has 0 heterocycles. The van der Waals surface area contributed by atoms with Crippen LogP contribution < -0.4 is 4.16 Å². The van der Waals surface area contributed by atoms with Gasteiger partial charge in [0.05, 0.1) is 0 Å². The fraction of sp³-hybridized carbons (Fsp3) is 0.143.